The molecule has 2 amide bonds. The highest BCUT2D eigenvalue weighted by atomic mass is 16.6. The predicted molar refractivity (Wildman–Crippen MR) is 139 cm³/mol. The molecule has 3 aromatic carbocycles. The van der Waals surface area contributed by atoms with Gasteiger partial charge in [0.15, 0.2) is 5.78 Å². The van der Waals surface area contributed by atoms with Crippen LogP contribution >= 0.6 is 0 Å². The number of hydrogen-bond donors (Lipinski definition) is 2. The number of ketones is 1. The monoisotopic (exact) mass is 508 g/mol. The second-order valence-corrected chi connectivity index (χ2v) is 10.6. The lowest BCUT2D eigenvalue weighted by Crippen LogP contribution is -2.55. The molecule has 0 unspecified atom stereocenters. The molecule has 2 N–H and O–H groups in total. The average Bonchev–Trinajstić information content (AvgIpc) is 3.63. The zero-order valence-electron chi connectivity index (χ0n) is 20.6. The van der Waals surface area contributed by atoms with Crippen molar-refractivity contribution in [2.24, 2.45) is 5.92 Å². The molecule has 3 aromatic rings. The standard InChI is InChI=1S/C29H24N4O5/c1-16-11-12-22-20(14-16)29(27(36)31-22)25(24(34)17-6-4-7-18(15-17)33(37)38)28(23-10-5-13-32(23)29)19-8-2-3-9-21(19)30-26(28)35/h2-4,6-9,11-12,14-15,23,25H,5,10,13H2,1H3,(H,30,35)(H,31,36)/t23-,25+,28+,29+/m1/s1. The minimum atomic E-state index is -1.45. The van der Waals surface area contributed by atoms with Crippen molar-refractivity contribution in [1.82, 2.24) is 4.90 Å². The molecule has 4 heterocycles. The Bertz CT molecular complexity index is 1600. The second kappa shape index (κ2) is 7.58. The Labute approximate surface area is 218 Å². The van der Waals surface area contributed by atoms with E-state index in [4.69, 9.17) is 0 Å². The first-order valence-electron chi connectivity index (χ1n) is 12.7. The average molecular weight is 509 g/mol. The number of nitrogens with one attached hydrogen (secondary N) is 2. The van der Waals surface area contributed by atoms with Crippen LogP contribution in [0, 0.1) is 23.0 Å². The van der Waals surface area contributed by atoms with E-state index in [1.807, 2.05) is 49.4 Å². The van der Waals surface area contributed by atoms with Crippen LogP contribution in [0.2, 0.25) is 0 Å². The topological polar surface area (TPSA) is 122 Å². The number of hydrogen-bond acceptors (Lipinski definition) is 6. The van der Waals surface area contributed by atoms with E-state index >= 15 is 0 Å². The van der Waals surface area contributed by atoms with Crippen LogP contribution < -0.4 is 10.6 Å². The number of nitro benzene ring substituents is 1. The van der Waals surface area contributed by atoms with Gasteiger partial charge >= 0.3 is 0 Å². The zero-order valence-corrected chi connectivity index (χ0v) is 20.6. The van der Waals surface area contributed by atoms with E-state index in [0.717, 1.165) is 12.0 Å². The van der Waals surface area contributed by atoms with Gasteiger partial charge in [-0.05, 0) is 44.0 Å². The molecule has 0 radical (unpaired) electrons. The first-order chi connectivity index (χ1) is 18.3. The molecular weight excluding hydrogens is 484 g/mol. The van der Waals surface area contributed by atoms with Crippen LogP contribution in [0.15, 0.2) is 66.7 Å². The maximum absolute atomic E-state index is 14.8. The molecule has 38 heavy (non-hydrogen) atoms. The number of nitrogens with zero attached hydrogens (tertiary/aromatic N) is 2. The maximum Gasteiger partial charge on any atom is 0.270 e. The summed E-state index contributed by atoms with van der Waals surface area (Å²) in [5, 5.41) is 17.6. The molecule has 2 spiro atoms. The number of rotatable bonds is 3. The Morgan fingerprint density at radius 1 is 0.974 bits per heavy atom. The van der Waals surface area contributed by atoms with Crippen molar-refractivity contribution in [2.75, 3.05) is 17.2 Å². The summed E-state index contributed by atoms with van der Waals surface area (Å²) in [5.74, 6) is -2.26. The fourth-order valence-corrected chi connectivity index (χ4v) is 7.60. The lowest BCUT2D eigenvalue weighted by molar-refractivity contribution is -0.384. The number of carbonyl (C=O) groups is 3. The molecule has 0 aliphatic carbocycles. The third kappa shape index (κ3) is 2.56. The van der Waals surface area contributed by atoms with Crippen molar-refractivity contribution in [3.05, 3.63) is 99.1 Å². The molecule has 2 saturated heterocycles. The van der Waals surface area contributed by atoms with Gasteiger partial charge in [0, 0.05) is 40.7 Å². The number of carbonyl (C=O) groups excluding carboxylic acids is 3. The normalized spacial score (nSPS) is 28.8. The van der Waals surface area contributed by atoms with Crippen LogP contribution in [0.3, 0.4) is 0 Å². The van der Waals surface area contributed by atoms with Gasteiger partial charge < -0.3 is 10.6 Å². The largest absolute Gasteiger partial charge is 0.325 e. The van der Waals surface area contributed by atoms with E-state index < -0.39 is 33.6 Å². The Hall–Kier alpha value is -4.37. The van der Waals surface area contributed by atoms with Crippen molar-refractivity contribution in [2.45, 2.75) is 36.8 Å². The molecule has 9 heteroatoms. The molecule has 9 nitrogen and oxygen atoms in total. The number of anilines is 2. The quantitative estimate of drug-likeness (QED) is 0.314. The smallest absolute Gasteiger partial charge is 0.270 e. The Balaban J connectivity index is 1.58. The summed E-state index contributed by atoms with van der Waals surface area (Å²) >= 11 is 0. The van der Waals surface area contributed by atoms with Gasteiger partial charge in [-0.3, -0.25) is 29.4 Å². The number of benzene rings is 3. The Morgan fingerprint density at radius 3 is 2.55 bits per heavy atom. The van der Waals surface area contributed by atoms with Gasteiger partial charge in [-0.15, -0.1) is 0 Å². The molecule has 0 saturated carbocycles. The predicted octanol–water partition coefficient (Wildman–Crippen LogP) is 3.92. The van der Waals surface area contributed by atoms with E-state index in [9.17, 15) is 24.5 Å². The molecule has 4 aliphatic rings. The highest BCUT2D eigenvalue weighted by molar-refractivity contribution is 6.18. The van der Waals surface area contributed by atoms with Crippen molar-refractivity contribution < 1.29 is 19.3 Å². The summed E-state index contributed by atoms with van der Waals surface area (Å²) in [6.45, 7) is 2.47. The van der Waals surface area contributed by atoms with Gasteiger partial charge in [0.2, 0.25) is 11.8 Å². The molecule has 4 atom stereocenters. The van der Waals surface area contributed by atoms with Crippen molar-refractivity contribution in [3.63, 3.8) is 0 Å². The number of Topliss-reactive ketones (excluding diaryl/α,β-unsaturated/α-hetero) is 1. The lowest BCUT2D eigenvalue weighted by atomic mass is 9.60. The number of nitro groups is 1. The SMILES string of the molecule is Cc1ccc2c(c1)[C@@]1(C(=O)N2)[C@@H](C(=O)c2cccc([N+](=O)[O-])c2)[C@@]2(C(=O)Nc3ccccc32)[C@H]2CCCN21. The first kappa shape index (κ1) is 22.8. The van der Waals surface area contributed by atoms with E-state index in [1.54, 1.807) is 0 Å². The summed E-state index contributed by atoms with van der Waals surface area (Å²) in [6, 6.07) is 18.2. The minimum Gasteiger partial charge on any atom is -0.325 e. The van der Waals surface area contributed by atoms with Crippen LogP contribution in [-0.2, 0) is 20.5 Å². The Morgan fingerprint density at radius 2 is 1.74 bits per heavy atom. The number of amides is 2. The van der Waals surface area contributed by atoms with Crippen LogP contribution in [0.4, 0.5) is 17.1 Å². The second-order valence-electron chi connectivity index (χ2n) is 10.6. The summed E-state index contributed by atoms with van der Waals surface area (Å²) in [5.41, 5.74) is 0.623. The van der Waals surface area contributed by atoms with Gasteiger partial charge in [0.25, 0.3) is 5.69 Å². The lowest BCUT2D eigenvalue weighted by Gasteiger charge is -2.38. The summed E-state index contributed by atoms with van der Waals surface area (Å²) in [7, 11) is 0. The Kier molecular flexibility index (Phi) is 4.55. The minimum absolute atomic E-state index is 0.107. The van der Waals surface area contributed by atoms with Gasteiger partial charge in [-0.25, -0.2) is 0 Å². The molecule has 2 fully saturated rings. The van der Waals surface area contributed by atoms with Gasteiger partial charge in [0.1, 0.15) is 11.0 Å². The van der Waals surface area contributed by atoms with Crippen LogP contribution in [0.5, 0.6) is 0 Å². The van der Waals surface area contributed by atoms with Crippen LogP contribution in [-0.4, -0.2) is 40.0 Å². The molecule has 4 aliphatic heterocycles. The fraction of sp³-hybridized carbons (Fsp3) is 0.276. The van der Waals surface area contributed by atoms with Crippen molar-refractivity contribution >= 4 is 34.7 Å². The van der Waals surface area contributed by atoms with Gasteiger partial charge in [0.05, 0.1) is 10.8 Å². The van der Waals surface area contributed by atoms with E-state index in [-0.39, 0.29) is 23.1 Å². The van der Waals surface area contributed by atoms with Gasteiger partial charge in [-0.2, -0.15) is 0 Å². The molecule has 0 aromatic heterocycles. The van der Waals surface area contributed by atoms with Crippen molar-refractivity contribution in [3.8, 4) is 0 Å². The summed E-state index contributed by atoms with van der Waals surface area (Å²) < 4.78 is 0. The van der Waals surface area contributed by atoms with E-state index in [0.29, 0.717) is 35.5 Å². The third-order valence-corrected chi connectivity index (χ3v) is 8.88. The van der Waals surface area contributed by atoms with Gasteiger partial charge in [-0.1, -0.05) is 48.0 Å². The van der Waals surface area contributed by atoms with Crippen LogP contribution in [0.25, 0.3) is 0 Å². The number of non-ortho nitro benzene ring substituents is 1. The van der Waals surface area contributed by atoms with Crippen molar-refractivity contribution in [1.29, 1.82) is 0 Å². The van der Waals surface area contributed by atoms with E-state index in [2.05, 4.69) is 15.5 Å². The first-order valence-corrected chi connectivity index (χ1v) is 12.7. The molecule has 190 valence electrons. The highest BCUT2D eigenvalue weighted by Crippen LogP contribution is 2.66. The fourth-order valence-electron chi connectivity index (χ4n) is 7.60. The zero-order chi connectivity index (χ0) is 26.4. The number of aryl methyl sites for hydroxylation is 1. The summed E-state index contributed by atoms with van der Waals surface area (Å²) in [4.78, 5) is 56.3. The highest BCUT2D eigenvalue weighted by Gasteiger charge is 2.78. The number of fused-ring (bicyclic) bond motifs is 7. The molecule has 0 bridgehead atoms. The molecule has 7 rings (SSSR count). The molecular formula is C29H24N4O5. The van der Waals surface area contributed by atoms with Crippen LogP contribution in [0.1, 0.15) is 39.9 Å². The van der Waals surface area contributed by atoms with E-state index in [1.165, 1.54) is 24.3 Å². The summed E-state index contributed by atoms with van der Waals surface area (Å²) in [6.07, 6.45) is 1.41. The third-order valence-electron chi connectivity index (χ3n) is 8.88. The maximum atomic E-state index is 14.8. The number of para-hydroxylation sites is 1.